The van der Waals surface area contributed by atoms with E-state index in [1.807, 2.05) is 44.2 Å². The Balaban J connectivity index is 1.71. The Labute approximate surface area is 200 Å². The lowest BCUT2D eigenvalue weighted by Gasteiger charge is -2.57. The zero-order chi connectivity index (χ0) is 24.5. The number of nitrogens with one attached hydrogen (secondary N) is 1. The number of rotatable bonds is 3. The second kappa shape index (κ2) is 7.09. The molecule has 2 aliphatic heterocycles. The van der Waals surface area contributed by atoms with Crippen molar-refractivity contribution in [1.82, 2.24) is 0 Å². The van der Waals surface area contributed by atoms with Crippen molar-refractivity contribution in [1.29, 1.82) is 0 Å². The number of methoxy groups -OCH3 is 1. The molecule has 2 bridgehead atoms. The van der Waals surface area contributed by atoms with E-state index in [0.717, 1.165) is 11.3 Å². The first-order valence-electron chi connectivity index (χ1n) is 11.2. The minimum atomic E-state index is -1.13. The number of para-hydroxylation sites is 1. The maximum Gasteiger partial charge on any atom is 0.343 e. The van der Waals surface area contributed by atoms with Gasteiger partial charge >= 0.3 is 5.63 Å². The maximum atomic E-state index is 13.4. The van der Waals surface area contributed by atoms with Crippen LogP contribution in [0.15, 0.2) is 75.9 Å². The lowest BCUT2D eigenvalue weighted by molar-refractivity contribution is -0.384. The summed E-state index contributed by atoms with van der Waals surface area (Å²) in [5.41, 5.74) is 0.951. The molecule has 176 valence electrons. The molecule has 2 aliphatic rings. The molecule has 0 saturated carbocycles. The van der Waals surface area contributed by atoms with Crippen LogP contribution in [0.2, 0.25) is 0 Å². The highest BCUT2D eigenvalue weighted by Gasteiger charge is 2.62. The number of hydrogen-bond donors (Lipinski definition) is 1. The van der Waals surface area contributed by atoms with Crippen molar-refractivity contribution in [3.8, 4) is 11.5 Å². The van der Waals surface area contributed by atoms with Crippen molar-refractivity contribution in [3.63, 3.8) is 0 Å². The monoisotopic (exact) mass is 470 g/mol. The van der Waals surface area contributed by atoms with Gasteiger partial charge in [-0.1, -0.05) is 26.0 Å². The Kier molecular flexibility index (Phi) is 4.30. The first kappa shape index (κ1) is 21.2. The molecule has 35 heavy (non-hydrogen) atoms. The number of non-ortho nitro benzene ring substituents is 1. The van der Waals surface area contributed by atoms with Gasteiger partial charge in [0, 0.05) is 34.7 Å². The molecule has 0 amide bonds. The Morgan fingerprint density at radius 1 is 1.06 bits per heavy atom. The minimum absolute atomic E-state index is 0.0113. The molecule has 0 aliphatic carbocycles. The third kappa shape index (κ3) is 2.76. The average molecular weight is 470 g/mol. The van der Waals surface area contributed by atoms with Crippen LogP contribution in [0.4, 0.5) is 11.4 Å². The van der Waals surface area contributed by atoms with Crippen molar-refractivity contribution in [3.05, 3.63) is 104 Å². The number of hydrogen-bond acceptors (Lipinski definition) is 7. The molecule has 0 spiro atoms. The van der Waals surface area contributed by atoms with Crippen LogP contribution in [-0.2, 0) is 5.72 Å². The number of ether oxygens (including phenoxy) is 2. The summed E-state index contributed by atoms with van der Waals surface area (Å²) in [6, 6.07) is 19.3. The summed E-state index contributed by atoms with van der Waals surface area (Å²) in [6.45, 7) is 4.04. The van der Waals surface area contributed by atoms with Gasteiger partial charge in [-0.05, 0) is 48.0 Å². The highest BCUT2D eigenvalue weighted by Crippen LogP contribution is 2.63. The highest BCUT2D eigenvalue weighted by molar-refractivity contribution is 5.86. The van der Waals surface area contributed by atoms with Gasteiger partial charge in [0.25, 0.3) is 5.69 Å². The molecule has 8 nitrogen and oxygen atoms in total. The van der Waals surface area contributed by atoms with Crippen LogP contribution < -0.4 is 20.4 Å². The number of anilines is 1. The van der Waals surface area contributed by atoms with E-state index in [9.17, 15) is 14.9 Å². The van der Waals surface area contributed by atoms with E-state index in [1.54, 1.807) is 31.4 Å². The summed E-state index contributed by atoms with van der Waals surface area (Å²) in [5.74, 6) is 0.705. The van der Waals surface area contributed by atoms with Crippen LogP contribution in [0.3, 0.4) is 0 Å². The van der Waals surface area contributed by atoms with Crippen molar-refractivity contribution in [2.75, 3.05) is 12.4 Å². The number of nitro benzene ring substituents is 1. The van der Waals surface area contributed by atoms with Gasteiger partial charge in [-0.3, -0.25) is 10.1 Å². The smallest absolute Gasteiger partial charge is 0.343 e. The zero-order valence-electron chi connectivity index (χ0n) is 19.3. The van der Waals surface area contributed by atoms with Crippen LogP contribution in [0, 0.1) is 15.5 Å². The van der Waals surface area contributed by atoms with Crippen molar-refractivity contribution in [2.24, 2.45) is 5.41 Å². The van der Waals surface area contributed by atoms with Crippen LogP contribution in [0.1, 0.15) is 36.5 Å². The quantitative estimate of drug-likeness (QED) is 0.238. The zero-order valence-corrected chi connectivity index (χ0v) is 19.3. The molecule has 1 N–H and O–H groups in total. The third-order valence-corrected chi connectivity index (χ3v) is 7.34. The second-order valence-corrected chi connectivity index (χ2v) is 9.45. The van der Waals surface area contributed by atoms with E-state index in [0.29, 0.717) is 33.6 Å². The van der Waals surface area contributed by atoms with Gasteiger partial charge < -0.3 is 19.2 Å². The summed E-state index contributed by atoms with van der Waals surface area (Å²) >= 11 is 0. The second-order valence-electron chi connectivity index (χ2n) is 9.45. The third-order valence-electron chi connectivity index (χ3n) is 7.34. The molecule has 0 radical (unpaired) electrons. The van der Waals surface area contributed by atoms with Gasteiger partial charge in [-0.25, -0.2) is 4.79 Å². The maximum absolute atomic E-state index is 13.4. The Bertz CT molecular complexity index is 1570. The fourth-order valence-electron chi connectivity index (χ4n) is 5.61. The minimum Gasteiger partial charge on any atom is -0.497 e. The van der Waals surface area contributed by atoms with Gasteiger partial charge in [0.1, 0.15) is 17.1 Å². The molecule has 1 aromatic heterocycles. The molecule has 8 heteroatoms. The van der Waals surface area contributed by atoms with Gasteiger partial charge in [-0.2, -0.15) is 0 Å². The Morgan fingerprint density at radius 3 is 2.51 bits per heavy atom. The molecular formula is C27H22N2O6. The summed E-state index contributed by atoms with van der Waals surface area (Å²) < 4.78 is 18.1. The molecule has 0 fully saturated rings. The molecule has 6 rings (SSSR count). The molecule has 0 saturated heterocycles. The normalized spacial score (nSPS) is 21.3. The van der Waals surface area contributed by atoms with E-state index < -0.39 is 27.6 Å². The first-order valence-corrected chi connectivity index (χ1v) is 11.2. The van der Waals surface area contributed by atoms with Crippen LogP contribution in [0.5, 0.6) is 11.5 Å². The van der Waals surface area contributed by atoms with Gasteiger partial charge in [0.2, 0.25) is 5.72 Å². The number of benzene rings is 3. The number of nitrogens with zero attached hydrogens (tertiary/aromatic N) is 1. The first-order chi connectivity index (χ1) is 16.8. The predicted molar refractivity (Wildman–Crippen MR) is 130 cm³/mol. The molecule has 4 aromatic rings. The van der Waals surface area contributed by atoms with Gasteiger partial charge in [-0.15, -0.1) is 0 Å². The SMILES string of the molecule is COc1ccc2c(c1)[C@@H]1c3c(c4ccccc4oc3=O)OC(c3ccc([N+](=O)[O-])cc3)(N2)C1(C)C. The van der Waals surface area contributed by atoms with E-state index in [2.05, 4.69) is 5.32 Å². The largest absolute Gasteiger partial charge is 0.497 e. The van der Waals surface area contributed by atoms with E-state index in [1.165, 1.54) is 12.1 Å². The fourth-order valence-corrected chi connectivity index (χ4v) is 5.61. The van der Waals surface area contributed by atoms with E-state index >= 15 is 0 Å². The number of fused-ring (bicyclic) bond motifs is 8. The molecule has 2 atom stereocenters. The van der Waals surface area contributed by atoms with Crippen LogP contribution in [0.25, 0.3) is 11.0 Å². The lowest BCUT2D eigenvalue weighted by Crippen LogP contribution is -2.61. The molecule has 3 heterocycles. The van der Waals surface area contributed by atoms with Gasteiger partial charge in [0.15, 0.2) is 0 Å². The summed E-state index contributed by atoms with van der Waals surface area (Å²) in [5, 5.41) is 15.6. The standard InChI is InChI=1S/C27H22N2O6/c1-26(2)23-19-14-17(33-3)12-13-20(19)28-27(26,15-8-10-16(11-9-15)29(31)32)35-24-18-6-4-5-7-21(18)34-25(30)22(23)24/h4-14,23,28H,1-3H3/t23-,27?/m1/s1. The van der Waals surface area contributed by atoms with E-state index in [4.69, 9.17) is 13.9 Å². The topological polar surface area (TPSA) is 104 Å². The van der Waals surface area contributed by atoms with E-state index in [-0.39, 0.29) is 5.69 Å². The summed E-state index contributed by atoms with van der Waals surface area (Å²) in [6.07, 6.45) is 0. The highest BCUT2D eigenvalue weighted by atomic mass is 16.6. The Morgan fingerprint density at radius 2 is 1.80 bits per heavy atom. The lowest BCUT2D eigenvalue weighted by atomic mass is 9.59. The van der Waals surface area contributed by atoms with Crippen LogP contribution in [-0.4, -0.2) is 12.0 Å². The molecule has 3 aromatic carbocycles. The van der Waals surface area contributed by atoms with Crippen LogP contribution >= 0.6 is 0 Å². The predicted octanol–water partition coefficient (Wildman–Crippen LogP) is 5.54. The van der Waals surface area contributed by atoms with Crippen molar-refractivity contribution < 1.29 is 18.8 Å². The molecule has 1 unspecified atom stereocenters. The van der Waals surface area contributed by atoms with Crippen molar-refractivity contribution in [2.45, 2.75) is 25.5 Å². The molecular weight excluding hydrogens is 448 g/mol. The average Bonchev–Trinajstić information content (AvgIpc) is 2.84. The van der Waals surface area contributed by atoms with Crippen molar-refractivity contribution >= 4 is 22.3 Å². The Hall–Kier alpha value is -4.33. The number of nitro groups is 1. The fraction of sp³-hybridized carbons (Fsp3) is 0.222. The summed E-state index contributed by atoms with van der Waals surface area (Å²) in [4.78, 5) is 24.3. The van der Waals surface area contributed by atoms with Gasteiger partial charge in [0.05, 0.1) is 23.0 Å². The summed E-state index contributed by atoms with van der Waals surface area (Å²) in [7, 11) is 1.60.